The Bertz CT molecular complexity index is 1470. The second-order valence-corrected chi connectivity index (χ2v) is 11.9. The number of aliphatic hydroxyl groups excluding tert-OH is 1. The van der Waals surface area contributed by atoms with Gasteiger partial charge in [-0.1, -0.05) is 110 Å². The minimum Gasteiger partial charge on any atom is -0.507 e. The molecule has 0 radical (unpaired) electrons. The fourth-order valence-electron chi connectivity index (χ4n) is 3.86. The number of carbonyl (C=O) groups excluding carboxylic acids is 2. The van der Waals surface area contributed by atoms with Crippen molar-refractivity contribution in [2.45, 2.75) is 16.1 Å². The van der Waals surface area contributed by atoms with E-state index in [1.807, 2.05) is 54.6 Å². The number of aromatic nitrogens is 2. The first-order valence-corrected chi connectivity index (χ1v) is 14.1. The van der Waals surface area contributed by atoms with Gasteiger partial charge in [-0.2, -0.15) is 0 Å². The Hall–Kier alpha value is -2.79. The normalized spacial score (nSPS) is 17.1. The van der Waals surface area contributed by atoms with Gasteiger partial charge in [-0.05, 0) is 35.4 Å². The van der Waals surface area contributed by atoms with Crippen molar-refractivity contribution in [1.29, 1.82) is 0 Å². The van der Waals surface area contributed by atoms with E-state index in [0.29, 0.717) is 26.4 Å². The van der Waals surface area contributed by atoms with Crippen LogP contribution in [0.2, 0.25) is 0 Å². The third-order valence-corrected chi connectivity index (χ3v) is 8.68. The number of carbonyl (C=O) groups is 2. The van der Waals surface area contributed by atoms with E-state index in [0.717, 1.165) is 14.5 Å². The molecule has 1 atom stereocenters. The van der Waals surface area contributed by atoms with Gasteiger partial charge in [0.05, 0.1) is 11.6 Å². The van der Waals surface area contributed by atoms with Gasteiger partial charge in [-0.3, -0.25) is 14.5 Å². The maximum atomic E-state index is 13.3. The molecular formula is C26H17Br2N3O3S2. The molecule has 180 valence electrons. The van der Waals surface area contributed by atoms with Crippen LogP contribution in [0.1, 0.15) is 22.7 Å². The number of hydrogen-bond donors (Lipinski definition) is 1. The molecule has 1 aliphatic heterocycles. The lowest BCUT2D eigenvalue weighted by Crippen LogP contribution is -2.29. The Kier molecular flexibility index (Phi) is 7.38. The number of rotatable bonds is 6. The van der Waals surface area contributed by atoms with Gasteiger partial charge in [0.25, 0.3) is 5.78 Å². The largest absolute Gasteiger partial charge is 0.507 e. The molecule has 1 unspecified atom stereocenters. The molecule has 0 bridgehead atoms. The molecule has 2 heterocycles. The number of Topliss-reactive ketones (excluding diaryl/α,β-unsaturated/α-hetero) is 1. The van der Waals surface area contributed by atoms with Gasteiger partial charge < -0.3 is 5.11 Å². The molecule has 0 aliphatic carbocycles. The standard InChI is InChI=1S/C26H17Br2N3O3S2/c27-18-11-9-16(10-12-18)22(32)20-21(17-7-4-8-19(28)13-17)31(24(34)23(20)33)25-29-30-26(36-25)35-14-15-5-2-1-3-6-15/h1-13,21,32H,14H2/b22-20-. The van der Waals surface area contributed by atoms with Crippen LogP contribution >= 0.6 is 55.0 Å². The molecule has 6 nitrogen and oxygen atoms in total. The first-order valence-electron chi connectivity index (χ1n) is 10.7. The summed E-state index contributed by atoms with van der Waals surface area (Å²) in [5, 5.41) is 20.0. The number of nitrogens with zero attached hydrogens (tertiary/aromatic N) is 3. The molecule has 1 N–H and O–H groups in total. The molecule has 1 fully saturated rings. The molecule has 1 amide bonds. The van der Waals surface area contributed by atoms with E-state index in [2.05, 4.69) is 42.1 Å². The molecule has 5 rings (SSSR count). The van der Waals surface area contributed by atoms with Crippen LogP contribution in [0.15, 0.2) is 97.7 Å². The molecular weight excluding hydrogens is 626 g/mol. The molecule has 0 saturated carbocycles. The van der Waals surface area contributed by atoms with Crippen molar-refractivity contribution in [3.05, 3.63) is 110 Å². The van der Waals surface area contributed by atoms with Crippen molar-refractivity contribution >= 4 is 77.5 Å². The zero-order valence-electron chi connectivity index (χ0n) is 18.5. The van der Waals surface area contributed by atoms with Crippen LogP contribution in [-0.4, -0.2) is 27.0 Å². The van der Waals surface area contributed by atoms with E-state index in [1.165, 1.54) is 28.0 Å². The van der Waals surface area contributed by atoms with Gasteiger partial charge in [0.15, 0.2) is 4.34 Å². The Morgan fingerprint density at radius 1 is 0.944 bits per heavy atom. The predicted molar refractivity (Wildman–Crippen MR) is 149 cm³/mol. The maximum absolute atomic E-state index is 13.3. The Labute approximate surface area is 232 Å². The summed E-state index contributed by atoms with van der Waals surface area (Å²) in [5.41, 5.74) is 2.25. The van der Waals surface area contributed by atoms with Crippen molar-refractivity contribution in [3.8, 4) is 0 Å². The van der Waals surface area contributed by atoms with Crippen LogP contribution in [0, 0.1) is 0 Å². The van der Waals surface area contributed by atoms with Crippen molar-refractivity contribution < 1.29 is 14.7 Å². The Morgan fingerprint density at radius 2 is 1.69 bits per heavy atom. The van der Waals surface area contributed by atoms with Crippen LogP contribution in [0.4, 0.5) is 5.13 Å². The molecule has 4 aromatic rings. The van der Waals surface area contributed by atoms with Gasteiger partial charge in [0.1, 0.15) is 5.76 Å². The molecule has 36 heavy (non-hydrogen) atoms. The quantitative estimate of drug-likeness (QED) is 0.0803. The third kappa shape index (κ3) is 5.04. The molecule has 1 saturated heterocycles. The highest BCUT2D eigenvalue weighted by molar-refractivity contribution is 9.10. The Morgan fingerprint density at radius 3 is 2.42 bits per heavy atom. The number of amides is 1. The smallest absolute Gasteiger partial charge is 0.301 e. The highest BCUT2D eigenvalue weighted by Gasteiger charge is 2.48. The number of benzene rings is 3. The minimum atomic E-state index is -0.855. The van der Waals surface area contributed by atoms with Crippen molar-refractivity contribution in [2.75, 3.05) is 4.90 Å². The van der Waals surface area contributed by atoms with E-state index < -0.39 is 17.7 Å². The van der Waals surface area contributed by atoms with Crippen molar-refractivity contribution in [2.24, 2.45) is 0 Å². The lowest BCUT2D eigenvalue weighted by molar-refractivity contribution is -0.132. The SMILES string of the molecule is O=C1C(=O)N(c2nnc(SCc3ccccc3)s2)C(c2cccc(Br)c2)/C1=C(/O)c1ccc(Br)cc1. The number of ketones is 1. The highest BCUT2D eigenvalue weighted by Crippen LogP contribution is 2.44. The third-order valence-electron chi connectivity index (χ3n) is 5.53. The zero-order valence-corrected chi connectivity index (χ0v) is 23.3. The van der Waals surface area contributed by atoms with Crippen LogP contribution in [0.3, 0.4) is 0 Å². The molecule has 0 spiro atoms. The number of hydrogen-bond acceptors (Lipinski definition) is 7. The van der Waals surface area contributed by atoms with E-state index in [-0.39, 0.29) is 11.3 Å². The van der Waals surface area contributed by atoms with Crippen molar-refractivity contribution in [3.63, 3.8) is 0 Å². The average Bonchev–Trinajstić information content (AvgIpc) is 3.45. The molecule has 1 aliphatic rings. The van der Waals surface area contributed by atoms with E-state index in [9.17, 15) is 14.7 Å². The number of thioether (sulfide) groups is 1. The monoisotopic (exact) mass is 641 g/mol. The molecule has 10 heteroatoms. The number of anilines is 1. The summed E-state index contributed by atoms with van der Waals surface area (Å²) in [4.78, 5) is 27.9. The minimum absolute atomic E-state index is 0.00844. The van der Waals surface area contributed by atoms with Crippen molar-refractivity contribution in [1.82, 2.24) is 10.2 Å². The van der Waals surface area contributed by atoms with Gasteiger partial charge in [0.2, 0.25) is 5.13 Å². The summed E-state index contributed by atoms with van der Waals surface area (Å²) >= 11 is 9.60. The van der Waals surface area contributed by atoms with Crippen LogP contribution in [0.5, 0.6) is 0 Å². The number of halogens is 2. The number of aliphatic hydroxyl groups is 1. The summed E-state index contributed by atoms with van der Waals surface area (Å²) in [6.07, 6.45) is 0. The van der Waals surface area contributed by atoms with Crippen LogP contribution in [-0.2, 0) is 15.3 Å². The predicted octanol–water partition coefficient (Wildman–Crippen LogP) is 6.98. The molecule has 1 aromatic heterocycles. The molecule has 3 aromatic carbocycles. The average molecular weight is 643 g/mol. The van der Waals surface area contributed by atoms with Gasteiger partial charge in [0, 0.05) is 20.3 Å². The highest BCUT2D eigenvalue weighted by atomic mass is 79.9. The van der Waals surface area contributed by atoms with E-state index in [1.54, 1.807) is 24.3 Å². The first kappa shape index (κ1) is 24.9. The lowest BCUT2D eigenvalue weighted by Gasteiger charge is -2.22. The van der Waals surface area contributed by atoms with Gasteiger partial charge in [-0.15, -0.1) is 10.2 Å². The van der Waals surface area contributed by atoms with E-state index in [4.69, 9.17) is 0 Å². The summed E-state index contributed by atoms with van der Waals surface area (Å²) in [6, 6.07) is 23.3. The fourth-order valence-corrected chi connectivity index (χ4v) is 6.37. The second kappa shape index (κ2) is 10.7. The summed E-state index contributed by atoms with van der Waals surface area (Å²) in [6.45, 7) is 0. The van der Waals surface area contributed by atoms with Gasteiger partial charge >= 0.3 is 5.91 Å². The topological polar surface area (TPSA) is 83.4 Å². The second-order valence-electron chi connectivity index (χ2n) is 7.86. The first-order chi connectivity index (χ1) is 17.4. The maximum Gasteiger partial charge on any atom is 0.301 e. The summed E-state index contributed by atoms with van der Waals surface area (Å²) < 4.78 is 2.29. The van der Waals surface area contributed by atoms with Crippen LogP contribution < -0.4 is 4.90 Å². The zero-order chi connectivity index (χ0) is 25.2. The lowest BCUT2D eigenvalue weighted by atomic mass is 9.95. The van der Waals surface area contributed by atoms with Gasteiger partial charge in [-0.25, -0.2) is 0 Å². The summed E-state index contributed by atoms with van der Waals surface area (Å²) in [7, 11) is 0. The van der Waals surface area contributed by atoms with E-state index >= 15 is 0 Å². The van der Waals surface area contributed by atoms with Crippen LogP contribution in [0.25, 0.3) is 5.76 Å². The summed E-state index contributed by atoms with van der Waals surface area (Å²) in [5.74, 6) is -1.06. The Balaban J connectivity index is 1.55. The fraction of sp³-hybridized carbons (Fsp3) is 0.0769.